The summed E-state index contributed by atoms with van der Waals surface area (Å²) in [7, 11) is 0. The first-order chi connectivity index (χ1) is 10.3. The van der Waals surface area contributed by atoms with E-state index in [-0.39, 0.29) is 0 Å². The number of piperidine rings is 2. The predicted octanol–water partition coefficient (Wildman–Crippen LogP) is 2.72. The minimum absolute atomic E-state index is 0.718. The Kier molecular flexibility index (Phi) is 4.40. The molecule has 0 aromatic carbocycles. The molecule has 0 spiro atoms. The number of nitriles is 1. The van der Waals surface area contributed by atoms with Crippen molar-refractivity contribution < 1.29 is 0 Å². The van der Waals surface area contributed by atoms with E-state index in [4.69, 9.17) is 5.26 Å². The Labute approximate surface area is 127 Å². The molecule has 4 heteroatoms. The van der Waals surface area contributed by atoms with Crippen LogP contribution in [0.1, 0.15) is 43.4 Å². The van der Waals surface area contributed by atoms with Gasteiger partial charge >= 0.3 is 0 Å². The molecule has 0 N–H and O–H groups in total. The molecule has 0 radical (unpaired) electrons. The zero-order valence-electron chi connectivity index (χ0n) is 12.9. The average molecular weight is 284 g/mol. The summed E-state index contributed by atoms with van der Waals surface area (Å²) < 4.78 is 0. The molecule has 2 saturated heterocycles. The van der Waals surface area contributed by atoms with Crippen molar-refractivity contribution in [3.8, 4) is 6.07 Å². The van der Waals surface area contributed by atoms with Gasteiger partial charge in [-0.2, -0.15) is 5.26 Å². The van der Waals surface area contributed by atoms with Crippen molar-refractivity contribution in [2.75, 3.05) is 31.1 Å². The van der Waals surface area contributed by atoms with Gasteiger partial charge in [0.25, 0.3) is 0 Å². The molecule has 0 unspecified atom stereocenters. The highest BCUT2D eigenvalue weighted by molar-refractivity contribution is 5.46. The number of hydrogen-bond donors (Lipinski definition) is 0. The summed E-state index contributed by atoms with van der Waals surface area (Å²) in [6, 6.07) is 6.76. The second-order valence-corrected chi connectivity index (χ2v) is 6.28. The van der Waals surface area contributed by atoms with Crippen molar-refractivity contribution >= 4 is 5.82 Å². The van der Waals surface area contributed by atoms with E-state index >= 15 is 0 Å². The van der Waals surface area contributed by atoms with E-state index in [0.717, 1.165) is 36.2 Å². The quantitative estimate of drug-likeness (QED) is 0.837. The predicted molar refractivity (Wildman–Crippen MR) is 84.3 cm³/mol. The van der Waals surface area contributed by atoms with Gasteiger partial charge in [0.15, 0.2) is 0 Å². The van der Waals surface area contributed by atoms with Gasteiger partial charge in [-0.05, 0) is 57.8 Å². The minimum atomic E-state index is 0.718. The van der Waals surface area contributed by atoms with Gasteiger partial charge in [-0.15, -0.1) is 0 Å². The van der Waals surface area contributed by atoms with Crippen molar-refractivity contribution in [3.05, 3.63) is 23.4 Å². The lowest BCUT2D eigenvalue weighted by Crippen LogP contribution is -2.47. The van der Waals surface area contributed by atoms with Gasteiger partial charge in [0.1, 0.15) is 5.82 Å². The minimum Gasteiger partial charge on any atom is -0.356 e. The first-order valence-electron chi connectivity index (χ1n) is 8.14. The smallest absolute Gasteiger partial charge is 0.130 e. The fourth-order valence-corrected chi connectivity index (χ4v) is 3.62. The highest BCUT2D eigenvalue weighted by Gasteiger charge is 2.26. The van der Waals surface area contributed by atoms with Crippen molar-refractivity contribution in [3.63, 3.8) is 0 Å². The number of pyridine rings is 1. The van der Waals surface area contributed by atoms with Crippen LogP contribution in [0.2, 0.25) is 0 Å². The van der Waals surface area contributed by atoms with Gasteiger partial charge in [-0.1, -0.05) is 6.42 Å². The Bertz CT molecular complexity index is 520. The lowest BCUT2D eigenvalue weighted by Gasteiger charge is -2.40. The Hall–Kier alpha value is -1.60. The van der Waals surface area contributed by atoms with Crippen LogP contribution in [0, 0.1) is 18.3 Å². The zero-order chi connectivity index (χ0) is 14.7. The van der Waals surface area contributed by atoms with Crippen LogP contribution in [0.25, 0.3) is 0 Å². The van der Waals surface area contributed by atoms with E-state index in [9.17, 15) is 0 Å². The topological polar surface area (TPSA) is 43.2 Å². The maximum absolute atomic E-state index is 9.09. The van der Waals surface area contributed by atoms with E-state index in [0.29, 0.717) is 0 Å². The number of rotatable bonds is 2. The number of hydrogen-bond acceptors (Lipinski definition) is 4. The standard InChI is InChI=1S/C17H24N4/c1-14-11-15(13-18)12-17(19-14)21-9-5-16(6-10-21)20-7-3-2-4-8-20/h11-12,16H,2-10H2,1H3. The first-order valence-corrected chi connectivity index (χ1v) is 8.14. The van der Waals surface area contributed by atoms with Crippen molar-refractivity contribution in [2.45, 2.75) is 45.1 Å². The van der Waals surface area contributed by atoms with E-state index in [1.807, 2.05) is 19.1 Å². The molecular formula is C17H24N4. The normalized spacial score (nSPS) is 21.2. The third-order valence-electron chi connectivity index (χ3n) is 4.76. The van der Waals surface area contributed by atoms with Crippen LogP contribution in [-0.4, -0.2) is 42.1 Å². The second-order valence-electron chi connectivity index (χ2n) is 6.28. The summed E-state index contributed by atoms with van der Waals surface area (Å²) in [4.78, 5) is 9.63. The molecule has 2 fully saturated rings. The van der Waals surface area contributed by atoms with Crippen molar-refractivity contribution in [1.82, 2.24) is 9.88 Å². The lowest BCUT2D eigenvalue weighted by molar-refractivity contribution is 0.141. The van der Waals surface area contributed by atoms with Crippen LogP contribution >= 0.6 is 0 Å². The maximum atomic E-state index is 9.09. The number of nitrogens with zero attached hydrogens (tertiary/aromatic N) is 4. The molecule has 0 atom stereocenters. The monoisotopic (exact) mass is 284 g/mol. The molecule has 1 aromatic rings. The van der Waals surface area contributed by atoms with Gasteiger partial charge in [0, 0.05) is 24.8 Å². The molecule has 1 aromatic heterocycles. The molecule has 2 aliphatic heterocycles. The molecule has 112 valence electrons. The van der Waals surface area contributed by atoms with Gasteiger partial charge in [-0.25, -0.2) is 4.98 Å². The number of likely N-dealkylation sites (tertiary alicyclic amines) is 1. The molecular weight excluding hydrogens is 260 g/mol. The van der Waals surface area contributed by atoms with Gasteiger partial charge in [0.05, 0.1) is 11.6 Å². The van der Waals surface area contributed by atoms with E-state index in [2.05, 4.69) is 20.9 Å². The van der Waals surface area contributed by atoms with Crippen LogP contribution in [0.3, 0.4) is 0 Å². The molecule has 2 aliphatic rings. The first kappa shape index (κ1) is 14.3. The Morgan fingerprint density at radius 2 is 1.81 bits per heavy atom. The van der Waals surface area contributed by atoms with Crippen LogP contribution in [0.15, 0.2) is 12.1 Å². The van der Waals surface area contributed by atoms with Crippen LogP contribution in [0.5, 0.6) is 0 Å². The Morgan fingerprint density at radius 3 is 2.48 bits per heavy atom. The maximum Gasteiger partial charge on any atom is 0.130 e. The highest BCUT2D eigenvalue weighted by atomic mass is 15.2. The fourth-order valence-electron chi connectivity index (χ4n) is 3.62. The number of aromatic nitrogens is 1. The molecule has 0 saturated carbocycles. The molecule has 3 heterocycles. The molecule has 3 rings (SSSR count). The second kappa shape index (κ2) is 6.44. The third kappa shape index (κ3) is 3.36. The molecule has 4 nitrogen and oxygen atoms in total. The fraction of sp³-hybridized carbons (Fsp3) is 0.647. The number of anilines is 1. The highest BCUT2D eigenvalue weighted by Crippen LogP contribution is 2.24. The average Bonchev–Trinajstić information content (AvgIpc) is 2.55. The Balaban J connectivity index is 1.63. The van der Waals surface area contributed by atoms with Gasteiger partial charge in [0.2, 0.25) is 0 Å². The summed E-state index contributed by atoms with van der Waals surface area (Å²) in [5.41, 5.74) is 1.65. The van der Waals surface area contributed by atoms with E-state index < -0.39 is 0 Å². The van der Waals surface area contributed by atoms with E-state index in [1.165, 1.54) is 45.2 Å². The molecule has 0 aliphatic carbocycles. The molecule has 21 heavy (non-hydrogen) atoms. The third-order valence-corrected chi connectivity index (χ3v) is 4.76. The van der Waals surface area contributed by atoms with Crippen LogP contribution < -0.4 is 4.90 Å². The van der Waals surface area contributed by atoms with Crippen LogP contribution in [-0.2, 0) is 0 Å². The lowest BCUT2D eigenvalue weighted by atomic mass is 10.00. The van der Waals surface area contributed by atoms with Crippen molar-refractivity contribution in [2.24, 2.45) is 0 Å². The summed E-state index contributed by atoms with van der Waals surface area (Å²) in [5, 5.41) is 9.09. The van der Waals surface area contributed by atoms with E-state index in [1.54, 1.807) is 0 Å². The zero-order valence-corrected chi connectivity index (χ0v) is 12.9. The summed E-state index contributed by atoms with van der Waals surface area (Å²) >= 11 is 0. The SMILES string of the molecule is Cc1cc(C#N)cc(N2CCC(N3CCCCC3)CC2)n1. The number of aryl methyl sites for hydroxylation is 1. The molecule has 0 bridgehead atoms. The summed E-state index contributed by atoms with van der Waals surface area (Å²) in [6.07, 6.45) is 6.57. The summed E-state index contributed by atoms with van der Waals surface area (Å²) in [5.74, 6) is 0.976. The van der Waals surface area contributed by atoms with Crippen molar-refractivity contribution in [1.29, 1.82) is 5.26 Å². The largest absolute Gasteiger partial charge is 0.356 e. The summed E-state index contributed by atoms with van der Waals surface area (Å²) in [6.45, 7) is 6.65. The van der Waals surface area contributed by atoms with Gasteiger partial charge in [-0.3, -0.25) is 0 Å². The van der Waals surface area contributed by atoms with Crippen LogP contribution in [0.4, 0.5) is 5.82 Å². The Morgan fingerprint density at radius 1 is 1.10 bits per heavy atom. The van der Waals surface area contributed by atoms with Gasteiger partial charge < -0.3 is 9.80 Å². The molecule has 0 amide bonds.